The lowest BCUT2D eigenvalue weighted by Crippen LogP contribution is -2.27. The van der Waals surface area contributed by atoms with E-state index in [-0.39, 0.29) is 5.91 Å². The van der Waals surface area contributed by atoms with Gasteiger partial charge in [0.25, 0.3) is 5.91 Å². The van der Waals surface area contributed by atoms with Crippen molar-refractivity contribution in [1.29, 1.82) is 0 Å². The Bertz CT molecular complexity index is 911. The topological polar surface area (TPSA) is 65.4 Å². The van der Waals surface area contributed by atoms with Crippen molar-refractivity contribution < 1.29 is 14.3 Å². The second-order valence-corrected chi connectivity index (χ2v) is 6.25. The summed E-state index contributed by atoms with van der Waals surface area (Å²) >= 11 is 5.82. The standard InChI is InChI=1S/C20H20ClN3O3/c1-26-18-7-2-3-8-19(18)27-14-15-5-4-6-16(11-15)20(25)22-9-10-24-13-17(21)12-23-24/h2-8,11-13H,9-10,14H2,1H3,(H,22,25). The summed E-state index contributed by atoms with van der Waals surface area (Å²) in [6, 6.07) is 14.8. The number of carbonyl (C=O) groups excluding carboxylic acids is 1. The number of nitrogens with zero attached hydrogens (tertiary/aromatic N) is 2. The molecule has 0 saturated carbocycles. The highest BCUT2D eigenvalue weighted by molar-refractivity contribution is 6.30. The molecule has 3 rings (SSSR count). The highest BCUT2D eigenvalue weighted by Crippen LogP contribution is 2.26. The maximum absolute atomic E-state index is 12.3. The van der Waals surface area contributed by atoms with E-state index < -0.39 is 0 Å². The van der Waals surface area contributed by atoms with Crippen LogP contribution >= 0.6 is 11.6 Å². The molecule has 0 aliphatic heterocycles. The van der Waals surface area contributed by atoms with Crippen molar-refractivity contribution in [2.24, 2.45) is 0 Å². The van der Waals surface area contributed by atoms with Gasteiger partial charge < -0.3 is 14.8 Å². The number of hydrogen-bond donors (Lipinski definition) is 1. The van der Waals surface area contributed by atoms with Crippen LogP contribution in [0, 0.1) is 0 Å². The number of carbonyl (C=O) groups is 1. The van der Waals surface area contributed by atoms with Crippen molar-refractivity contribution >= 4 is 17.5 Å². The highest BCUT2D eigenvalue weighted by Gasteiger charge is 2.08. The molecule has 0 aliphatic rings. The fourth-order valence-corrected chi connectivity index (χ4v) is 2.70. The number of rotatable bonds is 8. The number of halogens is 1. The second-order valence-electron chi connectivity index (χ2n) is 5.82. The summed E-state index contributed by atoms with van der Waals surface area (Å²) < 4.78 is 12.8. The quantitative estimate of drug-likeness (QED) is 0.644. The third-order valence-corrected chi connectivity index (χ3v) is 4.08. The largest absolute Gasteiger partial charge is 0.493 e. The molecule has 1 aromatic heterocycles. The van der Waals surface area contributed by atoms with Gasteiger partial charge in [0.05, 0.1) is 24.9 Å². The minimum atomic E-state index is -0.146. The highest BCUT2D eigenvalue weighted by atomic mass is 35.5. The van der Waals surface area contributed by atoms with Gasteiger partial charge in [-0.3, -0.25) is 9.48 Å². The second kappa shape index (κ2) is 9.09. The summed E-state index contributed by atoms with van der Waals surface area (Å²) in [6.45, 7) is 1.35. The van der Waals surface area contributed by atoms with Crippen LogP contribution in [-0.2, 0) is 13.2 Å². The summed E-state index contributed by atoms with van der Waals surface area (Å²) in [4.78, 5) is 12.3. The number of nitrogens with one attached hydrogen (secondary N) is 1. The van der Waals surface area contributed by atoms with Gasteiger partial charge >= 0.3 is 0 Å². The predicted octanol–water partition coefficient (Wildman–Crippen LogP) is 3.55. The fourth-order valence-electron chi connectivity index (χ4n) is 2.55. The summed E-state index contributed by atoms with van der Waals surface area (Å²) in [5.74, 6) is 1.19. The van der Waals surface area contributed by atoms with Crippen molar-refractivity contribution in [3.63, 3.8) is 0 Å². The molecule has 1 heterocycles. The molecule has 0 bridgehead atoms. The molecule has 27 heavy (non-hydrogen) atoms. The zero-order chi connectivity index (χ0) is 19.1. The molecule has 0 spiro atoms. The molecular weight excluding hydrogens is 366 g/mol. The number of benzene rings is 2. The van der Waals surface area contributed by atoms with Crippen LogP contribution in [0.25, 0.3) is 0 Å². The third-order valence-electron chi connectivity index (χ3n) is 3.88. The Kier molecular flexibility index (Phi) is 6.33. The molecule has 0 saturated heterocycles. The average molecular weight is 386 g/mol. The molecule has 0 aliphatic carbocycles. The molecule has 0 unspecified atom stereocenters. The molecule has 0 fully saturated rings. The number of ether oxygens (including phenoxy) is 2. The fraction of sp³-hybridized carbons (Fsp3) is 0.200. The van der Waals surface area contributed by atoms with E-state index in [1.165, 1.54) is 0 Å². The first kappa shape index (κ1) is 18.8. The van der Waals surface area contributed by atoms with Crippen LogP contribution in [0.1, 0.15) is 15.9 Å². The number of para-hydroxylation sites is 2. The lowest BCUT2D eigenvalue weighted by molar-refractivity contribution is 0.0951. The van der Waals surface area contributed by atoms with Crippen molar-refractivity contribution in [2.45, 2.75) is 13.2 Å². The summed E-state index contributed by atoms with van der Waals surface area (Å²) in [5, 5.41) is 7.52. The zero-order valence-electron chi connectivity index (χ0n) is 14.9. The van der Waals surface area contributed by atoms with Crippen LogP contribution in [0.5, 0.6) is 11.5 Å². The van der Waals surface area contributed by atoms with Crippen molar-refractivity contribution in [2.75, 3.05) is 13.7 Å². The molecule has 140 valence electrons. The number of amides is 1. The Morgan fingerprint density at radius 2 is 2.00 bits per heavy atom. The van der Waals surface area contributed by atoms with Crippen LogP contribution in [0.2, 0.25) is 5.02 Å². The normalized spacial score (nSPS) is 10.4. The molecule has 0 atom stereocenters. The van der Waals surface area contributed by atoms with Crippen molar-refractivity contribution in [3.8, 4) is 11.5 Å². The maximum Gasteiger partial charge on any atom is 0.251 e. The smallest absolute Gasteiger partial charge is 0.251 e. The number of aromatic nitrogens is 2. The molecule has 2 aromatic carbocycles. The Hall–Kier alpha value is -2.99. The van der Waals surface area contributed by atoms with E-state index in [1.54, 1.807) is 30.3 Å². The molecule has 0 radical (unpaired) electrons. The minimum Gasteiger partial charge on any atom is -0.493 e. The Labute approximate surface area is 162 Å². The van der Waals surface area contributed by atoms with Crippen LogP contribution in [0.15, 0.2) is 60.9 Å². The van der Waals surface area contributed by atoms with E-state index in [9.17, 15) is 4.79 Å². The van der Waals surface area contributed by atoms with E-state index in [1.807, 2.05) is 42.5 Å². The van der Waals surface area contributed by atoms with Gasteiger partial charge in [0, 0.05) is 18.3 Å². The molecule has 1 amide bonds. The van der Waals surface area contributed by atoms with Crippen LogP contribution < -0.4 is 14.8 Å². The SMILES string of the molecule is COc1ccccc1OCc1cccc(C(=O)NCCn2cc(Cl)cn2)c1. The van der Waals surface area contributed by atoms with Gasteiger partial charge in [0.15, 0.2) is 11.5 Å². The van der Waals surface area contributed by atoms with E-state index in [0.717, 1.165) is 5.56 Å². The Balaban J connectivity index is 1.55. The van der Waals surface area contributed by atoms with Gasteiger partial charge in [-0.25, -0.2) is 0 Å². The first-order chi connectivity index (χ1) is 13.2. The molecule has 3 aromatic rings. The van der Waals surface area contributed by atoms with E-state index in [4.69, 9.17) is 21.1 Å². The van der Waals surface area contributed by atoms with Crippen LogP contribution in [0.3, 0.4) is 0 Å². The van der Waals surface area contributed by atoms with E-state index in [2.05, 4.69) is 10.4 Å². The average Bonchev–Trinajstić information content (AvgIpc) is 3.11. The third kappa shape index (κ3) is 5.24. The first-order valence-electron chi connectivity index (χ1n) is 8.46. The maximum atomic E-state index is 12.3. The molecule has 6 nitrogen and oxygen atoms in total. The first-order valence-corrected chi connectivity index (χ1v) is 8.84. The predicted molar refractivity (Wildman–Crippen MR) is 103 cm³/mol. The summed E-state index contributed by atoms with van der Waals surface area (Å²) in [6.07, 6.45) is 3.28. The van der Waals surface area contributed by atoms with E-state index in [0.29, 0.717) is 41.8 Å². The van der Waals surface area contributed by atoms with Gasteiger partial charge in [-0.1, -0.05) is 35.9 Å². The lowest BCUT2D eigenvalue weighted by atomic mass is 10.1. The van der Waals surface area contributed by atoms with Gasteiger partial charge in [0.1, 0.15) is 6.61 Å². The van der Waals surface area contributed by atoms with Gasteiger partial charge in [-0.05, 0) is 29.8 Å². The van der Waals surface area contributed by atoms with Crippen molar-refractivity contribution in [3.05, 3.63) is 77.1 Å². The van der Waals surface area contributed by atoms with Gasteiger partial charge in [-0.15, -0.1) is 0 Å². The Morgan fingerprint density at radius 3 is 2.74 bits per heavy atom. The van der Waals surface area contributed by atoms with Gasteiger partial charge in [0.2, 0.25) is 0 Å². The van der Waals surface area contributed by atoms with E-state index >= 15 is 0 Å². The monoisotopic (exact) mass is 385 g/mol. The minimum absolute atomic E-state index is 0.146. The summed E-state index contributed by atoms with van der Waals surface area (Å²) in [7, 11) is 1.60. The molecule has 1 N–H and O–H groups in total. The summed E-state index contributed by atoms with van der Waals surface area (Å²) in [5.41, 5.74) is 1.47. The number of methoxy groups -OCH3 is 1. The Morgan fingerprint density at radius 1 is 1.19 bits per heavy atom. The zero-order valence-corrected chi connectivity index (χ0v) is 15.6. The molecule has 7 heteroatoms. The number of hydrogen-bond acceptors (Lipinski definition) is 4. The van der Waals surface area contributed by atoms with Crippen LogP contribution in [-0.4, -0.2) is 29.3 Å². The van der Waals surface area contributed by atoms with Crippen molar-refractivity contribution in [1.82, 2.24) is 15.1 Å². The lowest BCUT2D eigenvalue weighted by Gasteiger charge is -2.11. The van der Waals surface area contributed by atoms with Gasteiger partial charge in [-0.2, -0.15) is 5.10 Å². The van der Waals surface area contributed by atoms with Crippen LogP contribution in [0.4, 0.5) is 0 Å². The molecular formula is C20H20ClN3O3.